The van der Waals surface area contributed by atoms with E-state index in [2.05, 4.69) is 10.6 Å². The van der Waals surface area contributed by atoms with E-state index in [1.807, 2.05) is 0 Å². The first kappa shape index (κ1) is 29.4. The van der Waals surface area contributed by atoms with Crippen molar-refractivity contribution in [3.05, 3.63) is 29.8 Å². The molecular weight excluding hydrogens is 484 g/mol. The summed E-state index contributed by atoms with van der Waals surface area (Å²) in [6.07, 6.45) is -0.404. The molecule has 0 aromatic heterocycles. The molecule has 37 heavy (non-hydrogen) atoms. The summed E-state index contributed by atoms with van der Waals surface area (Å²) in [6.45, 7) is 6.73. The van der Waals surface area contributed by atoms with Crippen molar-refractivity contribution in [2.75, 3.05) is 13.2 Å². The second kappa shape index (κ2) is 12.9. The zero-order chi connectivity index (χ0) is 27.8. The van der Waals surface area contributed by atoms with Gasteiger partial charge in [-0.1, -0.05) is 18.2 Å². The molecule has 0 aliphatic heterocycles. The van der Waals surface area contributed by atoms with Gasteiger partial charge in [-0.15, -0.1) is 0 Å². The molecule has 2 unspecified atom stereocenters. The van der Waals surface area contributed by atoms with Crippen LogP contribution in [0, 0.1) is 0 Å². The number of rotatable bonds is 12. The van der Waals surface area contributed by atoms with Crippen LogP contribution in [0.15, 0.2) is 24.3 Å². The topological polar surface area (TPSA) is 177 Å². The van der Waals surface area contributed by atoms with Gasteiger partial charge < -0.3 is 35.8 Å². The third-order valence-corrected chi connectivity index (χ3v) is 5.28. The first-order chi connectivity index (χ1) is 17.3. The lowest BCUT2D eigenvalue weighted by Crippen LogP contribution is -2.54. The number of phenolic OH excluding ortho intramolecular Hbond substituents is 1. The first-order valence-electron chi connectivity index (χ1n) is 12.1. The highest BCUT2D eigenvalue weighted by Gasteiger charge is 2.45. The maximum absolute atomic E-state index is 13.8. The summed E-state index contributed by atoms with van der Waals surface area (Å²) in [4.78, 5) is 64.3. The number of benzene rings is 1. The normalized spacial score (nSPS) is 14.6. The maximum Gasteiger partial charge on any atom is 0.408 e. The van der Waals surface area contributed by atoms with Gasteiger partial charge in [-0.05, 0) is 46.6 Å². The molecule has 5 N–H and O–H groups in total. The molecule has 0 saturated heterocycles. The van der Waals surface area contributed by atoms with E-state index in [0.29, 0.717) is 12.8 Å². The number of alkyl carbamates (subject to hydrolysis) is 1. The van der Waals surface area contributed by atoms with Crippen molar-refractivity contribution >= 4 is 29.8 Å². The number of primary amides is 1. The molecule has 204 valence electrons. The summed E-state index contributed by atoms with van der Waals surface area (Å²) in [5.74, 6) is -2.96. The second-order valence-corrected chi connectivity index (χ2v) is 9.65. The van der Waals surface area contributed by atoms with Crippen LogP contribution in [0.1, 0.15) is 65.0 Å². The third kappa shape index (κ3) is 9.28. The number of para-hydroxylation sites is 1. The monoisotopic (exact) mass is 520 g/mol. The molecule has 12 heteroatoms. The number of carbonyl (C=O) groups is 5. The number of nitrogens with zero attached hydrogens (tertiary/aromatic N) is 1. The fourth-order valence-electron chi connectivity index (χ4n) is 3.66. The Morgan fingerprint density at radius 2 is 1.81 bits per heavy atom. The Morgan fingerprint density at radius 3 is 2.35 bits per heavy atom. The van der Waals surface area contributed by atoms with Gasteiger partial charge in [0.05, 0.1) is 19.4 Å². The maximum atomic E-state index is 13.8. The molecule has 12 nitrogen and oxygen atoms in total. The van der Waals surface area contributed by atoms with E-state index in [1.54, 1.807) is 39.8 Å². The summed E-state index contributed by atoms with van der Waals surface area (Å²) >= 11 is 0. The van der Waals surface area contributed by atoms with Gasteiger partial charge in [0.25, 0.3) is 0 Å². The molecule has 1 aliphatic rings. The Hall–Kier alpha value is -3.83. The van der Waals surface area contributed by atoms with E-state index in [-0.39, 0.29) is 36.9 Å². The first-order valence-corrected chi connectivity index (χ1v) is 12.1. The average Bonchev–Trinajstić information content (AvgIpc) is 3.61. The van der Waals surface area contributed by atoms with E-state index < -0.39 is 53.9 Å². The zero-order valence-electron chi connectivity index (χ0n) is 21.6. The number of hydrogen-bond donors (Lipinski definition) is 4. The standard InChI is InChI=1S/C25H36N4O8/c1-5-36-20(32)12-13-27-22(33)21(16-8-6-7-9-18(16)30)29(15-10-11-15)23(34)17(14-19(26)31)28-24(35)37-25(2,3)4/h6-9,15,17,21,30H,5,10-14H2,1-4H3,(H2,26,31)(H,27,33)(H,28,35). The summed E-state index contributed by atoms with van der Waals surface area (Å²) < 4.78 is 10.1. The molecule has 0 spiro atoms. The average molecular weight is 521 g/mol. The van der Waals surface area contributed by atoms with Crippen LogP contribution in [-0.2, 0) is 28.7 Å². The van der Waals surface area contributed by atoms with E-state index in [4.69, 9.17) is 15.2 Å². The molecule has 0 radical (unpaired) electrons. The van der Waals surface area contributed by atoms with Crippen LogP contribution < -0.4 is 16.4 Å². The van der Waals surface area contributed by atoms with Crippen LogP contribution >= 0.6 is 0 Å². The van der Waals surface area contributed by atoms with E-state index in [1.165, 1.54) is 17.0 Å². The number of esters is 1. The minimum atomic E-state index is -1.41. The number of hydrogen-bond acceptors (Lipinski definition) is 8. The van der Waals surface area contributed by atoms with E-state index in [9.17, 15) is 29.1 Å². The SMILES string of the molecule is CCOC(=O)CCNC(=O)C(c1ccccc1O)N(C(=O)C(CC(N)=O)NC(=O)OC(C)(C)C)C1CC1. The highest BCUT2D eigenvalue weighted by molar-refractivity contribution is 5.95. The van der Waals surface area contributed by atoms with Crippen molar-refractivity contribution in [2.45, 2.75) is 77.1 Å². The largest absolute Gasteiger partial charge is 0.508 e. The highest BCUT2D eigenvalue weighted by Crippen LogP contribution is 2.38. The number of aromatic hydroxyl groups is 1. The summed E-state index contributed by atoms with van der Waals surface area (Å²) in [5.41, 5.74) is 4.63. The van der Waals surface area contributed by atoms with Crippen molar-refractivity contribution in [2.24, 2.45) is 5.73 Å². The number of nitrogens with two attached hydrogens (primary N) is 1. The Labute approximate surface area is 215 Å². The Morgan fingerprint density at radius 1 is 1.16 bits per heavy atom. The number of nitrogens with one attached hydrogen (secondary N) is 2. The van der Waals surface area contributed by atoms with Crippen molar-refractivity contribution in [1.29, 1.82) is 0 Å². The van der Waals surface area contributed by atoms with Crippen LogP contribution in [-0.4, -0.2) is 70.6 Å². The van der Waals surface area contributed by atoms with Gasteiger partial charge >= 0.3 is 12.1 Å². The van der Waals surface area contributed by atoms with Gasteiger partial charge in [0.2, 0.25) is 17.7 Å². The highest BCUT2D eigenvalue weighted by atomic mass is 16.6. The summed E-state index contributed by atoms with van der Waals surface area (Å²) in [6, 6.07) is 2.94. The molecule has 2 atom stereocenters. The molecule has 1 aliphatic carbocycles. The van der Waals surface area contributed by atoms with Gasteiger partial charge in [0.15, 0.2) is 0 Å². The Balaban J connectivity index is 2.39. The predicted octanol–water partition coefficient (Wildman–Crippen LogP) is 1.26. The molecule has 1 fully saturated rings. The molecule has 0 heterocycles. The van der Waals surface area contributed by atoms with Crippen LogP contribution in [0.4, 0.5) is 4.79 Å². The number of ether oxygens (including phenoxy) is 2. The van der Waals surface area contributed by atoms with Crippen LogP contribution in [0.2, 0.25) is 0 Å². The Kier molecular flexibility index (Phi) is 10.3. The quantitative estimate of drug-likeness (QED) is 0.298. The third-order valence-electron chi connectivity index (χ3n) is 5.28. The second-order valence-electron chi connectivity index (χ2n) is 9.65. The van der Waals surface area contributed by atoms with Crippen molar-refractivity contribution in [1.82, 2.24) is 15.5 Å². The predicted molar refractivity (Wildman–Crippen MR) is 132 cm³/mol. The minimum Gasteiger partial charge on any atom is -0.508 e. The Bertz CT molecular complexity index is 1000. The molecule has 0 bridgehead atoms. The lowest BCUT2D eigenvalue weighted by molar-refractivity contribution is -0.145. The van der Waals surface area contributed by atoms with Gasteiger partial charge in [-0.2, -0.15) is 0 Å². The van der Waals surface area contributed by atoms with Crippen molar-refractivity contribution < 1.29 is 38.6 Å². The molecule has 4 amide bonds. The van der Waals surface area contributed by atoms with Crippen LogP contribution in [0.3, 0.4) is 0 Å². The van der Waals surface area contributed by atoms with Gasteiger partial charge in [-0.25, -0.2) is 4.79 Å². The zero-order valence-corrected chi connectivity index (χ0v) is 21.6. The van der Waals surface area contributed by atoms with Gasteiger partial charge in [-0.3, -0.25) is 19.2 Å². The molecular formula is C25H36N4O8. The number of carbonyl (C=O) groups excluding carboxylic acids is 5. The van der Waals surface area contributed by atoms with Crippen LogP contribution in [0.5, 0.6) is 5.75 Å². The molecule has 1 saturated carbocycles. The lowest BCUT2D eigenvalue weighted by atomic mass is 10.0. The molecule has 1 aromatic rings. The molecule has 1 aromatic carbocycles. The fourth-order valence-corrected chi connectivity index (χ4v) is 3.66. The number of amides is 4. The van der Waals surface area contributed by atoms with Crippen molar-refractivity contribution in [3.8, 4) is 5.75 Å². The lowest BCUT2D eigenvalue weighted by Gasteiger charge is -2.34. The summed E-state index contributed by atoms with van der Waals surface area (Å²) in [5, 5.41) is 15.6. The van der Waals surface area contributed by atoms with Gasteiger partial charge in [0, 0.05) is 18.2 Å². The number of phenols is 1. The minimum absolute atomic E-state index is 0.0602. The fraction of sp³-hybridized carbons (Fsp3) is 0.560. The van der Waals surface area contributed by atoms with Crippen molar-refractivity contribution in [3.63, 3.8) is 0 Å². The van der Waals surface area contributed by atoms with Gasteiger partial charge in [0.1, 0.15) is 23.4 Å². The smallest absolute Gasteiger partial charge is 0.408 e. The van der Waals surface area contributed by atoms with E-state index >= 15 is 0 Å². The molecule has 2 rings (SSSR count). The van der Waals surface area contributed by atoms with E-state index in [0.717, 1.165) is 0 Å². The van der Waals surface area contributed by atoms with Crippen LogP contribution in [0.25, 0.3) is 0 Å². The summed E-state index contributed by atoms with van der Waals surface area (Å²) in [7, 11) is 0.